The van der Waals surface area contributed by atoms with Gasteiger partial charge in [-0.2, -0.15) is 0 Å². The number of aryl methyl sites for hydroxylation is 3. The first kappa shape index (κ1) is 35.8. The molecule has 0 spiro atoms. The number of rotatable bonds is 12. The zero-order chi connectivity index (χ0) is 34.2. The number of nitrogens with zero attached hydrogens (tertiary/aromatic N) is 2. The summed E-state index contributed by atoms with van der Waals surface area (Å²) in [6, 6.07) is 28.5. The number of hydrogen-bond acceptors (Lipinski definition) is 10. The quantitative estimate of drug-likeness (QED) is 0.0979. The minimum atomic E-state index is -0.560. The molecule has 0 aliphatic heterocycles. The number of esters is 2. The highest BCUT2D eigenvalue weighted by Crippen LogP contribution is 2.22. The second-order valence-corrected chi connectivity index (χ2v) is 10.2. The fourth-order valence-electron chi connectivity index (χ4n) is 4.42. The van der Waals surface area contributed by atoms with Crippen molar-refractivity contribution in [1.29, 1.82) is 0 Å². The molecule has 0 atom stereocenters. The Labute approximate surface area is 275 Å². The van der Waals surface area contributed by atoms with Gasteiger partial charge in [0.1, 0.15) is 38.9 Å². The zero-order valence-electron chi connectivity index (χ0n) is 27.7. The maximum Gasteiger partial charge on any atom is 0.360 e. The second kappa shape index (κ2) is 18.4. The highest BCUT2D eigenvalue weighted by atomic mass is 16.6. The fourth-order valence-corrected chi connectivity index (χ4v) is 4.42. The lowest BCUT2D eigenvalue weighted by atomic mass is 10.0. The first-order chi connectivity index (χ1) is 22.7. The predicted molar refractivity (Wildman–Crippen MR) is 180 cm³/mol. The number of benzene rings is 4. The van der Waals surface area contributed by atoms with Crippen LogP contribution < -0.4 is 9.47 Å². The van der Waals surface area contributed by atoms with Gasteiger partial charge in [-0.05, 0) is 60.7 Å². The molecule has 0 saturated carbocycles. The van der Waals surface area contributed by atoms with E-state index in [1.165, 1.54) is 28.4 Å². The Hall–Kier alpha value is -5.64. The average Bonchev–Trinajstić information content (AvgIpc) is 3.09. The molecular weight excluding hydrogens is 600 g/mol. The van der Waals surface area contributed by atoms with Gasteiger partial charge in [0.25, 0.3) is 0 Å². The Bertz CT molecular complexity index is 1710. The van der Waals surface area contributed by atoms with Gasteiger partial charge in [0.15, 0.2) is 11.4 Å². The molecule has 4 aromatic rings. The normalized spacial score (nSPS) is 11.0. The highest BCUT2D eigenvalue weighted by Gasteiger charge is 2.20. The van der Waals surface area contributed by atoms with Crippen LogP contribution in [0.25, 0.3) is 0 Å². The van der Waals surface area contributed by atoms with Crippen molar-refractivity contribution < 1.29 is 38.2 Å². The summed E-state index contributed by atoms with van der Waals surface area (Å²) in [6.45, 7) is 6.60. The Morgan fingerprint density at radius 1 is 0.553 bits per heavy atom. The summed E-state index contributed by atoms with van der Waals surface area (Å²) >= 11 is 0. The third kappa shape index (κ3) is 10.2. The molecule has 0 heterocycles. The van der Waals surface area contributed by atoms with Gasteiger partial charge in [-0.15, -0.1) is 0 Å². The molecule has 0 amide bonds. The summed E-state index contributed by atoms with van der Waals surface area (Å²) in [4.78, 5) is 33.4. The van der Waals surface area contributed by atoms with E-state index >= 15 is 0 Å². The molecule has 0 unspecified atom stereocenters. The highest BCUT2D eigenvalue weighted by molar-refractivity contribution is 6.44. The summed E-state index contributed by atoms with van der Waals surface area (Å²) in [6.07, 6.45) is 0. The van der Waals surface area contributed by atoms with Crippen LogP contribution in [0, 0.1) is 20.8 Å². The molecule has 0 bridgehead atoms. The van der Waals surface area contributed by atoms with Crippen molar-refractivity contribution in [2.24, 2.45) is 10.3 Å². The standard InChI is InChI=1S/C19H21NO4.C18H19NO4/c1-13-9-10-14(2)17(11-13)24-12-15-7-5-6-8-16(15)18(20-23-4)19(21)22-3;1-13-8-4-7-11-16(13)23-12-14-9-5-6-10-15(14)17(19-22-3)18(20)21-2/h5-11H,12H2,1-4H3;4-11H,12H2,1-3H3/b20-18+;19-17+. The van der Waals surface area contributed by atoms with Gasteiger partial charge in [-0.3, -0.25) is 0 Å². The molecule has 0 fully saturated rings. The molecular formula is C37H40N2O8. The molecule has 0 aliphatic rings. The van der Waals surface area contributed by atoms with Crippen molar-refractivity contribution in [1.82, 2.24) is 0 Å². The van der Waals surface area contributed by atoms with E-state index in [9.17, 15) is 9.59 Å². The van der Waals surface area contributed by atoms with Crippen molar-refractivity contribution >= 4 is 23.4 Å². The summed E-state index contributed by atoms with van der Waals surface area (Å²) in [5.74, 6) is 0.491. The molecule has 0 saturated heterocycles. The van der Waals surface area contributed by atoms with Crippen molar-refractivity contribution in [3.63, 3.8) is 0 Å². The van der Waals surface area contributed by atoms with Gasteiger partial charge >= 0.3 is 11.9 Å². The third-order valence-electron chi connectivity index (χ3n) is 6.87. The van der Waals surface area contributed by atoms with Gasteiger partial charge in [-0.25, -0.2) is 9.59 Å². The smallest absolute Gasteiger partial charge is 0.360 e. The van der Waals surface area contributed by atoms with E-state index in [-0.39, 0.29) is 11.4 Å². The van der Waals surface area contributed by atoms with Gasteiger partial charge < -0.3 is 28.6 Å². The van der Waals surface area contributed by atoms with E-state index in [4.69, 9.17) is 28.6 Å². The van der Waals surface area contributed by atoms with Crippen molar-refractivity contribution in [3.05, 3.63) is 130 Å². The number of ether oxygens (including phenoxy) is 4. The van der Waals surface area contributed by atoms with Crippen LogP contribution in [0.5, 0.6) is 11.5 Å². The third-order valence-corrected chi connectivity index (χ3v) is 6.87. The van der Waals surface area contributed by atoms with Crippen LogP contribution in [0.15, 0.2) is 101 Å². The molecule has 10 heteroatoms. The number of carbonyl (C=O) groups is 2. The van der Waals surface area contributed by atoms with E-state index in [2.05, 4.69) is 10.3 Å². The lowest BCUT2D eigenvalue weighted by molar-refractivity contribution is -0.133. The number of methoxy groups -OCH3 is 2. The van der Waals surface area contributed by atoms with E-state index in [0.717, 1.165) is 39.3 Å². The SMILES string of the molecule is CO/N=C(/C(=O)OC)c1ccccc1COc1cc(C)ccc1C.CO/N=C(/C(=O)OC)c1ccccc1COc1ccccc1C. The predicted octanol–water partition coefficient (Wildman–Crippen LogP) is 6.50. The monoisotopic (exact) mass is 640 g/mol. The van der Waals surface area contributed by atoms with Crippen LogP contribution in [0.4, 0.5) is 0 Å². The number of oxime groups is 2. The van der Waals surface area contributed by atoms with Crippen LogP contribution >= 0.6 is 0 Å². The molecule has 0 N–H and O–H groups in total. The van der Waals surface area contributed by atoms with Crippen molar-refractivity contribution in [2.45, 2.75) is 34.0 Å². The van der Waals surface area contributed by atoms with Gasteiger partial charge in [0.05, 0.1) is 14.2 Å². The molecule has 246 valence electrons. The Kier molecular flexibility index (Phi) is 14.0. The maximum absolute atomic E-state index is 12.0. The van der Waals surface area contributed by atoms with Gasteiger partial charge in [0, 0.05) is 11.1 Å². The van der Waals surface area contributed by atoms with Crippen LogP contribution in [0.1, 0.15) is 38.9 Å². The van der Waals surface area contributed by atoms with E-state index < -0.39 is 11.9 Å². The van der Waals surface area contributed by atoms with Crippen LogP contribution in [0.2, 0.25) is 0 Å². The van der Waals surface area contributed by atoms with Gasteiger partial charge in [-0.1, -0.05) is 89.2 Å². The molecule has 47 heavy (non-hydrogen) atoms. The summed E-state index contributed by atoms with van der Waals surface area (Å²) in [5, 5.41) is 7.58. The summed E-state index contributed by atoms with van der Waals surface area (Å²) in [7, 11) is 5.39. The Balaban J connectivity index is 0.000000256. The molecule has 10 nitrogen and oxygen atoms in total. The summed E-state index contributed by atoms with van der Waals surface area (Å²) < 4.78 is 21.3. The van der Waals surface area contributed by atoms with E-state index in [0.29, 0.717) is 24.3 Å². The van der Waals surface area contributed by atoms with Gasteiger partial charge in [0.2, 0.25) is 0 Å². The minimum Gasteiger partial charge on any atom is -0.489 e. The summed E-state index contributed by atoms with van der Waals surface area (Å²) in [5.41, 5.74) is 6.32. The lowest BCUT2D eigenvalue weighted by Crippen LogP contribution is -2.19. The zero-order valence-corrected chi connectivity index (χ0v) is 27.7. The Morgan fingerprint density at radius 3 is 1.49 bits per heavy atom. The first-order valence-electron chi connectivity index (χ1n) is 14.7. The second-order valence-electron chi connectivity index (χ2n) is 10.2. The molecule has 0 radical (unpaired) electrons. The van der Waals surface area contributed by atoms with Crippen molar-refractivity contribution in [2.75, 3.05) is 28.4 Å². The minimum absolute atomic E-state index is 0.110. The topological polar surface area (TPSA) is 114 Å². The Morgan fingerprint density at radius 2 is 1.00 bits per heavy atom. The van der Waals surface area contributed by atoms with E-state index in [1.54, 1.807) is 12.1 Å². The average molecular weight is 641 g/mol. The van der Waals surface area contributed by atoms with Crippen LogP contribution in [-0.4, -0.2) is 51.8 Å². The van der Waals surface area contributed by atoms with Crippen molar-refractivity contribution in [3.8, 4) is 11.5 Å². The molecule has 0 aromatic heterocycles. The van der Waals surface area contributed by atoms with Crippen LogP contribution in [0.3, 0.4) is 0 Å². The maximum atomic E-state index is 12.0. The van der Waals surface area contributed by atoms with Crippen LogP contribution in [-0.2, 0) is 42.0 Å². The number of para-hydroxylation sites is 1. The largest absolute Gasteiger partial charge is 0.489 e. The number of hydrogen-bond donors (Lipinski definition) is 0. The molecule has 4 rings (SSSR count). The fraction of sp³-hybridized carbons (Fsp3) is 0.243. The number of carbonyl (C=O) groups excluding carboxylic acids is 2. The first-order valence-corrected chi connectivity index (χ1v) is 14.7. The molecule has 4 aromatic carbocycles. The molecule has 0 aliphatic carbocycles. The van der Waals surface area contributed by atoms with E-state index in [1.807, 2.05) is 99.6 Å². The lowest BCUT2D eigenvalue weighted by Gasteiger charge is -2.13.